The van der Waals surface area contributed by atoms with Crippen molar-refractivity contribution < 1.29 is 23.1 Å². The minimum Gasteiger partial charge on any atom is -0.508 e. The van der Waals surface area contributed by atoms with Crippen molar-refractivity contribution in [2.45, 2.75) is 18.2 Å². The van der Waals surface area contributed by atoms with Crippen LogP contribution in [0.4, 0.5) is 10.8 Å². The second-order valence-electron chi connectivity index (χ2n) is 7.23. The number of anilines is 2. The lowest BCUT2D eigenvalue weighted by Crippen LogP contribution is -2.14. The first kappa shape index (κ1) is 22.6. The molecule has 0 fully saturated rings. The van der Waals surface area contributed by atoms with Gasteiger partial charge in [0.1, 0.15) is 16.4 Å². The Morgan fingerprint density at radius 1 is 1.18 bits per heavy atom. The van der Waals surface area contributed by atoms with Crippen molar-refractivity contribution in [2.75, 3.05) is 17.1 Å². The lowest BCUT2D eigenvalue weighted by Gasteiger charge is -2.13. The molecule has 3 aromatic rings. The molecule has 0 saturated carbocycles. The Kier molecular flexibility index (Phi) is 6.21. The number of phenolic OH excluding ortho intramolecular Hbond substituents is 1. The molecule has 0 radical (unpaired) electrons. The van der Waals surface area contributed by atoms with Gasteiger partial charge >= 0.3 is 0 Å². The largest absolute Gasteiger partial charge is 0.508 e. The average Bonchev–Trinajstić information content (AvgIpc) is 3.45. The van der Waals surface area contributed by atoms with Crippen molar-refractivity contribution >= 4 is 38.1 Å². The number of thiazole rings is 1. The number of carbonyl (C=O) groups excluding carboxylic acids is 1. The van der Waals surface area contributed by atoms with Crippen molar-refractivity contribution in [3.63, 3.8) is 0 Å². The number of hydrogen-bond donors (Lipinski definition) is 3. The van der Waals surface area contributed by atoms with E-state index in [2.05, 4.69) is 15.0 Å². The van der Waals surface area contributed by atoms with Crippen LogP contribution in [0.1, 0.15) is 12.1 Å². The summed E-state index contributed by atoms with van der Waals surface area (Å²) in [5.41, 5.74) is 2.24. The number of amides is 1. The summed E-state index contributed by atoms with van der Waals surface area (Å²) in [6, 6.07) is 10.5. The molecule has 1 amide bonds. The van der Waals surface area contributed by atoms with E-state index in [1.165, 1.54) is 48.8 Å². The minimum absolute atomic E-state index is 0.0292. The molecule has 4 rings (SSSR count). The van der Waals surface area contributed by atoms with Crippen molar-refractivity contribution in [3.05, 3.63) is 72.0 Å². The Balaban J connectivity index is 1.64. The maximum Gasteiger partial charge on any atom is 0.265 e. The molecule has 0 saturated heterocycles. The first-order chi connectivity index (χ1) is 15.8. The molecule has 10 heteroatoms. The van der Waals surface area contributed by atoms with Gasteiger partial charge in [0, 0.05) is 11.3 Å². The Morgan fingerprint density at radius 3 is 2.61 bits per heavy atom. The normalized spacial score (nSPS) is 13.0. The van der Waals surface area contributed by atoms with Gasteiger partial charge in [-0.1, -0.05) is 29.6 Å². The second kappa shape index (κ2) is 9.08. The topological polar surface area (TPSA) is 118 Å². The fourth-order valence-electron chi connectivity index (χ4n) is 3.28. The molecule has 170 valence electrons. The van der Waals surface area contributed by atoms with Crippen LogP contribution < -0.4 is 14.8 Å². The highest BCUT2D eigenvalue weighted by atomic mass is 32.2. The summed E-state index contributed by atoms with van der Waals surface area (Å²) in [7, 11) is -2.60. The zero-order valence-corrected chi connectivity index (χ0v) is 19.5. The molecule has 8 nitrogen and oxygen atoms in total. The van der Waals surface area contributed by atoms with Crippen molar-refractivity contribution in [1.29, 1.82) is 0 Å². The number of aryl methyl sites for hydroxylation is 1. The molecule has 33 heavy (non-hydrogen) atoms. The highest BCUT2D eigenvalue weighted by molar-refractivity contribution is 7.92. The van der Waals surface area contributed by atoms with Gasteiger partial charge in [-0.25, -0.2) is 13.4 Å². The highest BCUT2D eigenvalue weighted by Crippen LogP contribution is 2.37. The molecule has 3 N–H and O–H groups in total. The average molecular weight is 484 g/mol. The standard InChI is InChI=1S/C23H21N3O5S2/c1-14-21(32-23(24-14)25-22(28)15-5-3-4-6-15)16-7-12-19(31-2)20(13-16)33(29,30)26-17-8-10-18(27)11-9-17/h3-5,7-13,26-27H,6H2,1-2H3,(H,24,25,28). The molecule has 0 aliphatic heterocycles. The molecular formula is C23H21N3O5S2. The molecule has 1 aromatic heterocycles. The van der Waals surface area contributed by atoms with Crippen LogP contribution in [0, 0.1) is 6.92 Å². The maximum atomic E-state index is 13.1. The number of nitrogens with zero attached hydrogens (tertiary/aromatic N) is 1. The zero-order valence-electron chi connectivity index (χ0n) is 17.8. The van der Waals surface area contributed by atoms with E-state index in [4.69, 9.17) is 4.74 Å². The predicted molar refractivity (Wildman–Crippen MR) is 128 cm³/mol. The summed E-state index contributed by atoms with van der Waals surface area (Å²) in [5, 5.41) is 12.7. The summed E-state index contributed by atoms with van der Waals surface area (Å²) < 4.78 is 34.0. The molecule has 1 aliphatic rings. The third kappa shape index (κ3) is 4.91. The predicted octanol–water partition coefficient (Wildman–Crippen LogP) is 4.46. The lowest BCUT2D eigenvalue weighted by molar-refractivity contribution is -0.112. The van der Waals surface area contributed by atoms with E-state index in [9.17, 15) is 18.3 Å². The zero-order chi connectivity index (χ0) is 23.6. The van der Waals surface area contributed by atoms with Crippen LogP contribution in [0.15, 0.2) is 71.2 Å². The second-order valence-corrected chi connectivity index (χ2v) is 9.88. The number of aromatic hydroxyl groups is 1. The van der Waals surface area contributed by atoms with Gasteiger partial charge in [0.15, 0.2) is 5.13 Å². The highest BCUT2D eigenvalue weighted by Gasteiger charge is 2.22. The summed E-state index contributed by atoms with van der Waals surface area (Å²) in [6.45, 7) is 1.80. The van der Waals surface area contributed by atoms with Gasteiger partial charge in [-0.15, -0.1) is 0 Å². The van der Waals surface area contributed by atoms with E-state index in [0.29, 0.717) is 34.1 Å². The Morgan fingerprint density at radius 2 is 1.94 bits per heavy atom. The van der Waals surface area contributed by atoms with Gasteiger partial charge in [-0.05, 0) is 61.4 Å². The van der Waals surface area contributed by atoms with E-state index in [1.54, 1.807) is 25.1 Å². The fraction of sp³-hybridized carbons (Fsp3) is 0.130. The van der Waals surface area contributed by atoms with Crippen molar-refractivity contribution in [2.24, 2.45) is 0 Å². The SMILES string of the molecule is COc1ccc(-c2sc(NC(=O)C3=CC=CC3)nc2C)cc1S(=O)(=O)Nc1ccc(O)cc1. The summed E-state index contributed by atoms with van der Waals surface area (Å²) in [6.07, 6.45) is 6.08. The summed E-state index contributed by atoms with van der Waals surface area (Å²) in [4.78, 5) is 17.5. The molecule has 2 aromatic carbocycles. The number of carbonyl (C=O) groups is 1. The third-order valence-electron chi connectivity index (χ3n) is 4.91. The molecule has 1 heterocycles. The van der Waals surface area contributed by atoms with E-state index < -0.39 is 10.0 Å². The fourth-order valence-corrected chi connectivity index (χ4v) is 5.49. The van der Waals surface area contributed by atoms with E-state index in [1.807, 2.05) is 12.2 Å². The van der Waals surface area contributed by atoms with E-state index in [-0.39, 0.29) is 22.3 Å². The number of rotatable bonds is 7. The van der Waals surface area contributed by atoms with Crippen LogP contribution in [0.3, 0.4) is 0 Å². The number of hydrogen-bond acceptors (Lipinski definition) is 7. The van der Waals surface area contributed by atoms with Gasteiger partial charge in [0.25, 0.3) is 15.9 Å². The number of aromatic nitrogens is 1. The van der Waals surface area contributed by atoms with Crippen LogP contribution in [0.2, 0.25) is 0 Å². The van der Waals surface area contributed by atoms with Crippen LogP contribution >= 0.6 is 11.3 Å². The van der Waals surface area contributed by atoms with Gasteiger partial charge in [-0.2, -0.15) is 0 Å². The summed E-state index contributed by atoms with van der Waals surface area (Å²) in [5.74, 6) is -0.000587. The number of ether oxygens (including phenoxy) is 1. The third-order valence-corrected chi connectivity index (χ3v) is 7.44. The number of methoxy groups -OCH3 is 1. The molecule has 0 spiro atoms. The first-order valence-electron chi connectivity index (χ1n) is 9.91. The van der Waals surface area contributed by atoms with Gasteiger partial charge in [0.2, 0.25) is 0 Å². The Bertz CT molecular complexity index is 1370. The number of nitrogens with one attached hydrogen (secondary N) is 2. The number of allylic oxidation sites excluding steroid dienone is 3. The summed E-state index contributed by atoms with van der Waals surface area (Å²) >= 11 is 1.26. The molecule has 0 atom stereocenters. The van der Waals surface area contributed by atoms with Crippen molar-refractivity contribution in [3.8, 4) is 21.9 Å². The minimum atomic E-state index is -3.99. The monoisotopic (exact) mass is 483 g/mol. The Labute approximate surface area is 195 Å². The Hall–Kier alpha value is -3.63. The molecule has 0 bridgehead atoms. The van der Waals surface area contributed by atoms with E-state index in [0.717, 1.165) is 4.88 Å². The molecular weight excluding hydrogens is 462 g/mol. The van der Waals surface area contributed by atoms with Gasteiger partial charge in [0.05, 0.1) is 17.7 Å². The lowest BCUT2D eigenvalue weighted by atomic mass is 10.1. The number of benzene rings is 2. The van der Waals surface area contributed by atoms with Crippen LogP contribution in [0.25, 0.3) is 10.4 Å². The van der Waals surface area contributed by atoms with Crippen LogP contribution in [-0.2, 0) is 14.8 Å². The van der Waals surface area contributed by atoms with Crippen molar-refractivity contribution in [1.82, 2.24) is 4.98 Å². The number of phenols is 1. The van der Waals surface area contributed by atoms with Crippen LogP contribution in [0.5, 0.6) is 11.5 Å². The maximum absolute atomic E-state index is 13.1. The van der Waals surface area contributed by atoms with Gasteiger partial charge in [-0.3, -0.25) is 14.8 Å². The van der Waals surface area contributed by atoms with E-state index >= 15 is 0 Å². The van der Waals surface area contributed by atoms with Crippen LogP contribution in [-0.4, -0.2) is 31.5 Å². The molecule has 1 aliphatic carbocycles. The smallest absolute Gasteiger partial charge is 0.265 e. The van der Waals surface area contributed by atoms with Gasteiger partial charge < -0.3 is 9.84 Å². The number of sulfonamides is 1. The quantitative estimate of drug-likeness (QED) is 0.427. The first-order valence-corrected chi connectivity index (χ1v) is 12.2. The molecule has 0 unspecified atom stereocenters.